The average molecular weight is 581 g/mol. The van der Waals surface area contributed by atoms with Crippen LogP contribution in [0.3, 0.4) is 0 Å². The zero-order chi connectivity index (χ0) is 29.9. The van der Waals surface area contributed by atoms with E-state index in [0.717, 1.165) is 49.3 Å². The molecule has 3 aromatic rings. The summed E-state index contributed by atoms with van der Waals surface area (Å²) in [5, 5.41) is 10.0. The van der Waals surface area contributed by atoms with Gasteiger partial charge in [-0.25, -0.2) is 0 Å². The van der Waals surface area contributed by atoms with Gasteiger partial charge in [-0.15, -0.1) is 0 Å². The fourth-order valence-electron chi connectivity index (χ4n) is 6.56. The third-order valence-electron chi connectivity index (χ3n) is 9.05. The molecule has 0 spiro atoms. The number of hydrogen-bond donors (Lipinski definition) is 1. The highest BCUT2D eigenvalue weighted by molar-refractivity contribution is 5.95. The van der Waals surface area contributed by atoms with Crippen LogP contribution in [0.2, 0.25) is 0 Å². The first kappa shape index (κ1) is 30.1. The van der Waals surface area contributed by atoms with Crippen molar-refractivity contribution in [3.8, 4) is 16.9 Å². The number of pyridine rings is 1. The van der Waals surface area contributed by atoms with Crippen LogP contribution in [0, 0.1) is 18.8 Å². The van der Waals surface area contributed by atoms with Crippen LogP contribution in [0.1, 0.15) is 74.0 Å². The molecule has 2 saturated carbocycles. The van der Waals surface area contributed by atoms with Crippen molar-refractivity contribution >= 4 is 11.6 Å². The minimum atomic E-state index is -4.49. The monoisotopic (exact) mass is 580 g/mol. The lowest BCUT2D eigenvalue weighted by atomic mass is 9.78. The number of hydrogen-bond acceptors (Lipinski definition) is 4. The highest BCUT2D eigenvalue weighted by Gasteiger charge is 2.33. The molecule has 2 aliphatic carbocycles. The maximum atomic E-state index is 14.0. The van der Waals surface area contributed by atoms with Gasteiger partial charge in [0.1, 0.15) is 5.75 Å². The summed E-state index contributed by atoms with van der Waals surface area (Å²) in [5.41, 5.74) is 3.28. The quantitative estimate of drug-likeness (QED) is 0.308. The fraction of sp³-hybridized carbons (Fsp3) is 0.471. The van der Waals surface area contributed by atoms with Gasteiger partial charge in [-0.1, -0.05) is 24.3 Å². The van der Waals surface area contributed by atoms with Crippen LogP contribution in [-0.2, 0) is 11.0 Å². The first-order valence-electron chi connectivity index (χ1n) is 14.9. The Kier molecular flexibility index (Phi) is 9.21. The van der Waals surface area contributed by atoms with E-state index in [1.807, 2.05) is 17.0 Å². The van der Waals surface area contributed by atoms with E-state index in [1.54, 1.807) is 25.3 Å². The maximum Gasteiger partial charge on any atom is 0.417 e. The molecule has 0 aliphatic heterocycles. The normalized spacial score (nSPS) is 22.9. The smallest absolute Gasteiger partial charge is 0.417 e. The van der Waals surface area contributed by atoms with Crippen LogP contribution in [0.25, 0.3) is 11.1 Å². The van der Waals surface area contributed by atoms with Crippen LogP contribution in [0.5, 0.6) is 5.75 Å². The van der Waals surface area contributed by atoms with Gasteiger partial charge in [-0.2, -0.15) is 13.2 Å². The second-order valence-corrected chi connectivity index (χ2v) is 11.9. The largest absolute Gasteiger partial charge is 0.496 e. The molecule has 42 heavy (non-hydrogen) atoms. The van der Waals surface area contributed by atoms with E-state index in [0.29, 0.717) is 60.9 Å². The number of nitrogens with zero attached hydrogens (tertiary/aromatic N) is 2. The minimum absolute atomic E-state index is 0.0362. The summed E-state index contributed by atoms with van der Waals surface area (Å²) in [6.45, 7) is 2.63. The Labute approximate surface area is 245 Å². The third-order valence-corrected chi connectivity index (χ3v) is 9.05. The van der Waals surface area contributed by atoms with E-state index < -0.39 is 11.7 Å². The standard InChI is InChI=1S/C34H39F3N2O3/c1-22-16-27(12-15-32(22)42-2)24-8-6-23(7-9-24)21-39(33(41)25-10-13-31(40)14-11-25)30-5-3-4-26(18-30)28-17-29(20-38-19-28)34(35,36)37/h3-5,12,15-20,23-25,31,40H,6-11,13-14,21H2,1-2H3. The molecular weight excluding hydrogens is 541 g/mol. The van der Waals surface area contributed by atoms with Gasteiger partial charge in [0, 0.05) is 36.1 Å². The number of alkyl halides is 3. The summed E-state index contributed by atoms with van der Waals surface area (Å²) in [6, 6.07) is 14.7. The summed E-state index contributed by atoms with van der Waals surface area (Å²) in [5.74, 6) is 1.53. The van der Waals surface area contributed by atoms with Crippen LogP contribution in [0.4, 0.5) is 18.9 Å². The fourth-order valence-corrected chi connectivity index (χ4v) is 6.56. The Bertz CT molecular complexity index is 1380. The molecule has 0 radical (unpaired) electrons. The van der Waals surface area contributed by atoms with E-state index >= 15 is 0 Å². The number of aliphatic hydroxyl groups is 1. The molecule has 8 heteroatoms. The van der Waals surface area contributed by atoms with E-state index in [-0.39, 0.29) is 17.9 Å². The van der Waals surface area contributed by atoms with Crippen molar-refractivity contribution in [3.63, 3.8) is 0 Å². The van der Waals surface area contributed by atoms with Gasteiger partial charge < -0.3 is 14.7 Å². The second kappa shape index (κ2) is 12.9. The summed E-state index contributed by atoms with van der Waals surface area (Å²) in [6.07, 6.45) is 3.91. The predicted octanol–water partition coefficient (Wildman–Crippen LogP) is 7.94. The van der Waals surface area contributed by atoms with Crippen molar-refractivity contribution in [1.82, 2.24) is 4.98 Å². The molecule has 1 heterocycles. The number of halogens is 3. The maximum absolute atomic E-state index is 14.0. The van der Waals surface area contributed by atoms with Crippen molar-refractivity contribution in [2.24, 2.45) is 11.8 Å². The third kappa shape index (κ3) is 6.97. The van der Waals surface area contributed by atoms with Crippen LogP contribution in [-0.4, -0.2) is 35.8 Å². The molecule has 0 unspecified atom stereocenters. The van der Waals surface area contributed by atoms with Crippen LogP contribution < -0.4 is 9.64 Å². The van der Waals surface area contributed by atoms with E-state index in [1.165, 1.54) is 11.8 Å². The lowest BCUT2D eigenvalue weighted by molar-refractivity contribution is -0.137. The Morgan fingerprint density at radius 1 is 0.952 bits per heavy atom. The molecule has 1 amide bonds. The lowest BCUT2D eigenvalue weighted by Crippen LogP contribution is -2.41. The molecular formula is C34H39F3N2O3. The van der Waals surface area contributed by atoms with E-state index in [4.69, 9.17) is 4.74 Å². The first-order valence-corrected chi connectivity index (χ1v) is 14.9. The molecule has 0 saturated heterocycles. The van der Waals surface area contributed by atoms with Crippen LogP contribution >= 0.6 is 0 Å². The van der Waals surface area contributed by atoms with Crippen molar-refractivity contribution < 1.29 is 27.8 Å². The van der Waals surface area contributed by atoms with Crippen molar-refractivity contribution in [1.29, 1.82) is 0 Å². The number of methoxy groups -OCH3 is 1. The molecule has 1 aromatic heterocycles. The highest BCUT2D eigenvalue weighted by Crippen LogP contribution is 2.39. The number of ether oxygens (including phenoxy) is 1. The Morgan fingerprint density at radius 2 is 1.69 bits per heavy atom. The molecule has 224 valence electrons. The van der Waals surface area contributed by atoms with E-state index in [9.17, 15) is 23.1 Å². The number of amides is 1. The Hall–Kier alpha value is -3.39. The molecule has 0 atom stereocenters. The first-order chi connectivity index (χ1) is 20.1. The molecule has 2 aromatic carbocycles. The minimum Gasteiger partial charge on any atom is -0.496 e. The topological polar surface area (TPSA) is 62.7 Å². The number of carbonyl (C=O) groups excluding carboxylic acids is 1. The number of rotatable bonds is 7. The van der Waals surface area contributed by atoms with Crippen molar-refractivity contribution in [2.75, 3.05) is 18.6 Å². The van der Waals surface area contributed by atoms with Gasteiger partial charge in [0.2, 0.25) is 5.91 Å². The molecule has 5 rings (SSSR count). The van der Waals surface area contributed by atoms with Crippen molar-refractivity contribution in [3.05, 3.63) is 77.6 Å². The average Bonchev–Trinajstić information content (AvgIpc) is 3.00. The predicted molar refractivity (Wildman–Crippen MR) is 157 cm³/mol. The number of anilines is 1. The Balaban J connectivity index is 1.36. The number of aryl methyl sites for hydroxylation is 1. The number of aliphatic hydroxyl groups excluding tert-OH is 1. The van der Waals surface area contributed by atoms with E-state index in [2.05, 4.69) is 24.0 Å². The van der Waals surface area contributed by atoms with Gasteiger partial charge in [0.25, 0.3) is 0 Å². The summed E-state index contributed by atoms with van der Waals surface area (Å²) in [7, 11) is 1.68. The summed E-state index contributed by atoms with van der Waals surface area (Å²) >= 11 is 0. The second-order valence-electron chi connectivity index (χ2n) is 11.9. The summed E-state index contributed by atoms with van der Waals surface area (Å²) < 4.78 is 45.5. The van der Waals surface area contributed by atoms with Crippen LogP contribution in [0.15, 0.2) is 60.9 Å². The van der Waals surface area contributed by atoms with Gasteiger partial charge >= 0.3 is 6.18 Å². The number of carbonyl (C=O) groups is 1. The SMILES string of the molecule is COc1ccc(C2CCC(CN(C(=O)C3CCC(O)CC3)c3cccc(-c4cncc(C(F)(F)F)c4)c3)CC2)cc1C. The molecule has 2 fully saturated rings. The molecule has 0 bridgehead atoms. The highest BCUT2D eigenvalue weighted by atomic mass is 19.4. The molecule has 2 aliphatic rings. The van der Waals surface area contributed by atoms with Gasteiger partial charge in [0.15, 0.2) is 0 Å². The molecule has 5 nitrogen and oxygen atoms in total. The van der Waals surface area contributed by atoms with Gasteiger partial charge in [-0.05, 0) is 111 Å². The number of aromatic nitrogens is 1. The van der Waals surface area contributed by atoms with Gasteiger partial charge in [-0.3, -0.25) is 9.78 Å². The zero-order valence-corrected chi connectivity index (χ0v) is 24.2. The van der Waals surface area contributed by atoms with Crippen molar-refractivity contribution in [2.45, 2.75) is 76.5 Å². The molecule has 1 N–H and O–H groups in total. The number of benzene rings is 2. The Morgan fingerprint density at radius 3 is 2.36 bits per heavy atom. The lowest BCUT2D eigenvalue weighted by Gasteiger charge is -2.36. The zero-order valence-electron chi connectivity index (χ0n) is 24.2. The summed E-state index contributed by atoms with van der Waals surface area (Å²) in [4.78, 5) is 19.7. The van der Waals surface area contributed by atoms with Gasteiger partial charge in [0.05, 0.1) is 18.8 Å².